The minimum absolute atomic E-state index is 0.304. The van der Waals surface area contributed by atoms with Crippen molar-refractivity contribution in [2.75, 3.05) is 19.7 Å². The molecule has 6 N–H and O–H groups in total. The third kappa shape index (κ3) is 6.20. The van der Waals surface area contributed by atoms with Crippen molar-refractivity contribution < 1.29 is 29.4 Å². The second-order valence-electron chi connectivity index (χ2n) is 5.24. The van der Waals surface area contributed by atoms with Gasteiger partial charge < -0.3 is 31.5 Å². The Morgan fingerprint density at radius 3 is 2.48 bits per heavy atom. The summed E-state index contributed by atoms with van der Waals surface area (Å²) in [7, 11) is 0. The number of hydrogen-bond donors (Lipinski definition) is 6. The maximum absolute atomic E-state index is 11.7. The van der Waals surface area contributed by atoms with Crippen molar-refractivity contribution in [3.8, 4) is 0 Å². The molecule has 0 bridgehead atoms. The predicted molar refractivity (Wildman–Crippen MR) is 78.3 cm³/mol. The summed E-state index contributed by atoms with van der Waals surface area (Å²) in [4.78, 5) is 45.8. The van der Waals surface area contributed by atoms with Crippen molar-refractivity contribution >= 4 is 23.7 Å². The van der Waals surface area contributed by atoms with Crippen molar-refractivity contribution in [2.24, 2.45) is 0 Å². The Kier molecular flexibility index (Phi) is 7.42. The highest BCUT2D eigenvalue weighted by atomic mass is 16.4. The zero-order valence-corrected chi connectivity index (χ0v) is 12.8. The number of aliphatic carboxylic acids is 1. The molecule has 3 atom stereocenters. The molecule has 10 nitrogen and oxygen atoms in total. The molecule has 0 unspecified atom stereocenters. The van der Waals surface area contributed by atoms with Gasteiger partial charge in [0.1, 0.15) is 12.1 Å². The molecule has 10 heteroatoms. The van der Waals surface area contributed by atoms with E-state index in [0.717, 1.165) is 13.0 Å². The molecule has 130 valence electrons. The second-order valence-corrected chi connectivity index (χ2v) is 5.24. The number of aliphatic hydroxyl groups is 1. The van der Waals surface area contributed by atoms with E-state index < -0.39 is 36.5 Å². The van der Waals surface area contributed by atoms with Crippen molar-refractivity contribution in [1.29, 1.82) is 0 Å². The van der Waals surface area contributed by atoms with Crippen LogP contribution >= 0.6 is 0 Å². The van der Waals surface area contributed by atoms with Crippen LogP contribution in [-0.2, 0) is 19.2 Å². The van der Waals surface area contributed by atoms with E-state index in [9.17, 15) is 19.2 Å². The van der Waals surface area contributed by atoms with Crippen LogP contribution in [0.5, 0.6) is 0 Å². The standard InChI is InChI=1S/C13H22N4O6/c1-7(13(22)23)16-12(21)9(6-18)17-10(19)5-15-11(20)8-3-2-4-14-8/h7-9,14,18H,2-6H2,1H3,(H,15,20)(H,16,21)(H,17,19)(H,22,23)/t7-,8-,9-/m0/s1. The molecule has 1 heterocycles. The van der Waals surface area contributed by atoms with Gasteiger partial charge in [-0.25, -0.2) is 0 Å². The first kappa shape index (κ1) is 18.8. The lowest BCUT2D eigenvalue weighted by Crippen LogP contribution is -2.54. The van der Waals surface area contributed by atoms with E-state index in [1.165, 1.54) is 6.92 Å². The maximum Gasteiger partial charge on any atom is 0.325 e. The van der Waals surface area contributed by atoms with Gasteiger partial charge in [0, 0.05) is 0 Å². The van der Waals surface area contributed by atoms with E-state index in [0.29, 0.717) is 6.42 Å². The number of hydrogen-bond acceptors (Lipinski definition) is 6. The Morgan fingerprint density at radius 1 is 1.26 bits per heavy atom. The van der Waals surface area contributed by atoms with Crippen LogP contribution in [0.1, 0.15) is 19.8 Å². The fourth-order valence-electron chi connectivity index (χ4n) is 2.01. The number of aliphatic hydroxyl groups excluding tert-OH is 1. The minimum Gasteiger partial charge on any atom is -0.480 e. The van der Waals surface area contributed by atoms with Gasteiger partial charge in [0.05, 0.1) is 19.2 Å². The van der Waals surface area contributed by atoms with Gasteiger partial charge in [-0.1, -0.05) is 0 Å². The molecule has 0 aromatic heterocycles. The second kappa shape index (κ2) is 9.06. The molecule has 0 aliphatic carbocycles. The number of carbonyl (C=O) groups excluding carboxylic acids is 3. The topological polar surface area (TPSA) is 157 Å². The van der Waals surface area contributed by atoms with Gasteiger partial charge in [0.25, 0.3) is 0 Å². The Bertz CT molecular complexity index is 463. The van der Waals surface area contributed by atoms with Crippen LogP contribution in [0.4, 0.5) is 0 Å². The lowest BCUT2D eigenvalue weighted by atomic mass is 10.2. The van der Waals surface area contributed by atoms with E-state index in [-0.39, 0.29) is 18.5 Å². The Morgan fingerprint density at radius 2 is 1.96 bits per heavy atom. The third-order valence-corrected chi connectivity index (χ3v) is 3.36. The monoisotopic (exact) mass is 330 g/mol. The summed E-state index contributed by atoms with van der Waals surface area (Å²) in [5, 5.41) is 27.6. The fourth-order valence-corrected chi connectivity index (χ4v) is 2.01. The molecule has 0 saturated carbocycles. The Balaban J connectivity index is 2.38. The summed E-state index contributed by atoms with van der Waals surface area (Å²) < 4.78 is 0. The molecule has 23 heavy (non-hydrogen) atoms. The van der Waals surface area contributed by atoms with Crippen molar-refractivity contribution in [1.82, 2.24) is 21.3 Å². The molecule has 1 rings (SSSR count). The Hall–Kier alpha value is -2.20. The van der Waals surface area contributed by atoms with E-state index in [1.54, 1.807) is 0 Å². The summed E-state index contributed by atoms with van der Waals surface area (Å²) >= 11 is 0. The summed E-state index contributed by atoms with van der Waals surface area (Å²) in [6.45, 7) is 0.974. The van der Waals surface area contributed by atoms with Crippen LogP contribution in [0.3, 0.4) is 0 Å². The molecule has 1 fully saturated rings. The van der Waals surface area contributed by atoms with Gasteiger partial charge in [-0.3, -0.25) is 19.2 Å². The molecule has 3 amide bonds. The highest BCUT2D eigenvalue weighted by Gasteiger charge is 2.25. The fraction of sp³-hybridized carbons (Fsp3) is 0.692. The molecule has 0 spiro atoms. The van der Waals surface area contributed by atoms with Crippen LogP contribution in [0.15, 0.2) is 0 Å². The summed E-state index contributed by atoms with van der Waals surface area (Å²) in [5.41, 5.74) is 0. The molecule has 1 aliphatic heterocycles. The highest BCUT2D eigenvalue weighted by Crippen LogP contribution is 2.04. The van der Waals surface area contributed by atoms with Crippen LogP contribution in [-0.4, -0.2) is 71.7 Å². The average Bonchev–Trinajstić information content (AvgIpc) is 3.04. The number of amides is 3. The van der Waals surface area contributed by atoms with Crippen molar-refractivity contribution in [3.05, 3.63) is 0 Å². The smallest absolute Gasteiger partial charge is 0.325 e. The van der Waals surface area contributed by atoms with Gasteiger partial charge >= 0.3 is 5.97 Å². The quantitative estimate of drug-likeness (QED) is 0.275. The van der Waals surface area contributed by atoms with Crippen LogP contribution in [0, 0.1) is 0 Å². The Labute approximate surface area is 133 Å². The molecular weight excluding hydrogens is 308 g/mol. The summed E-state index contributed by atoms with van der Waals surface area (Å²) in [6.07, 6.45) is 1.58. The molecular formula is C13H22N4O6. The largest absolute Gasteiger partial charge is 0.480 e. The van der Waals surface area contributed by atoms with E-state index >= 15 is 0 Å². The van der Waals surface area contributed by atoms with E-state index in [4.69, 9.17) is 10.2 Å². The molecule has 1 saturated heterocycles. The van der Waals surface area contributed by atoms with Crippen LogP contribution in [0.2, 0.25) is 0 Å². The number of carbonyl (C=O) groups is 4. The number of rotatable bonds is 8. The van der Waals surface area contributed by atoms with Gasteiger partial charge in [0.2, 0.25) is 17.7 Å². The molecule has 1 aliphatic rings. The van der Waals surface area contributed by atoms with Gasteiger partial charge in [-0.15, -0.1) is 0 Å². The highest BCUT2D eigenvalue weighted by molar-refractivity contribution is 5.92. The average molecular weight is 330 g/mol. The summed E-state index contributed by atoms with van der Waals surface area (Å²) in [6, 6.07) is -2.76. The first-order chi connectivity index (χ1) is 10.8. The molecule has 0 aromatic rings. The number of carboxylic acid groups (broad SMARTS) is 1. The zero-order valence-electron chi connectivity index (χ0n) is 12.8. The van der Waals surface area contributed by atoms with E-state index in [1.807, 2.05) is 0 Å². The van der Waals surface area contributed by atoms with E-state index in [2.05, 4.69) is 21.3 Å². The number of nitrogens with one attached hydrogen (secondary N) is 4. The normalized spacial score (nSPS) is 19.5. The first-order valence-electron chi connectivity index (χ1n) is 7.29. The van der Waals surface area contributed by atoms with Crippen molar-refractivity contribution in [3.63, 3.8) is 0 Å². The summed E-state index contributed by atoms with van der Waals surface area (Å²) in [5.74, 6) is -3.02. The van der Waals surface area contributed by atoms with Gasteiger partial charge in [0.15, 0.2) is 0 Å². The lowest BCUT2D eigenvalue weighted by Gasteiger charge is -2.18. The van der Waals surface area contributed by atoms with Gasteiger partial charge in [-0.05, 0) is 26.3 Å². The van der Waals surface area contributed by atoms with Crippen LogP contribution < -0.4 is 21.3 Å². The minimum atomic E-state index is -1.29. The predicted octanol–water partition coefficient (Wildman–Crippen LogP) is -3.08. The van der Waals surface area contributed by atoms with Crippen molar-refractivity contribution in [2.45, 2.75) is 37.9 Å². The first-order valence-corrected chi connectivity index (χ1v) is 7.29. The molecule has 0 radical (unpaired) electrons. The zero-order chi connectivity index (χ0) is 17.4. The molecule has 0 aromatic carbocycles. The van der Waals surface area contributed by atoms with Crippen LogP contribution in [0.25, 0.3) is 0 Å². The van der Waals surface area contributed by atoms with Gasteiger partial charge in [-0.2, -0.15) is 0 Å². The number of carboxylic acids is 1. The maximum atomic E-state index is 11.7. The lowest BCUT2D eigenvalue weighted by molar-refractivity contribution is -0.142. The SMILES string of the molecule is C[C@H](NC(=O)[C@H](CO)NC(=O)CNC(=O)[C@@H]1CCCN1)C(=O)O. The third-order valence-electron chi connectivity index (χ3n) is 3.36.